The number of rotatable bonds is 15. The Hall–Kier alpha value is -2.64. The van der Waals surface area contributed by atoms with Gasteiger partial charge in [0.15, 0.2) is 11.6 Å². The molecule has 0 bridgehead atoms. The van der Waals surface area contributed by atoms with E-state index in [4.69, 9.17) is 5.73 Å². The second-order valence-electron chi connectivity index (χ2n) is 14.9. The number of nitrogens with two attached hydrogens (primary N) is 1. The van der Waals surface area contributed by atoms with Crippen molar-refractivity contribution in [1.29, 1.82) is 0 Å². The van der Waals surface area contributed by atoms with Gasteiger partial charge in [0.2, 0.25) is 11.7 Å². The summed E-state index contributed by atoms with van der Waals surface area (Å²) >= 11 is 0. The van der Waals surface area contributed by atoms with E-state index < -0.39 is 29.6 Å². The predicted molar refractivity (Wildman–Crippen MR) is 156 cm³/mol. The molecule has 8 heteroatoms. The normalized spacial score (nSPS) is 24.5. The average molecular weight is 571 g/mol. The van der Waals surface area contributed by atoms with E-state index in [9.17, 15) is 28.8 Å². The summed E-state index contributed by atoms with van der Waals surface area (Å²) in [6, 6.07) is -0.708. The molecule has 8 nitrogen and oxygen atoms in total. The first-order valence-electron chi connectivity index (χ1n) is 15.3. The fourth-order valence-corrected chi connectivity index (χ4v) is 7.06. The third kappa shape index (κ3) is 8.23. The van der Waals surface area contributed by atoms with E-state index in [1.807, 2.05) is 34.6 Å². The van der Waals surface area contributed by atoms with Gasteiger partial charge in [-0.25, -0.2) is 0 Å². The van der Waals surface area contributed by atoms with Crippen molar-refractivity contribution in [3.63, 3.8) is 0 Å². The average Bonchev–Trinajstić information content (AvgIpc) is 3.13. The van der Waals surface area contributed by atoms with Crippen molar-refractivity contribution in [3.8, 4) is 0 Å². The second-order valence-corrected chi connectivity index (χ2v) is 14.9. The van der Waals surface area contributed by atoms with Crippen LogP contribution < -0.4 is 5.73 Å². The maximum atomic E-state index is 14.1. The fourth-order valence-electron chi connectivity index (χ4n) is 7.06. The lowest BCUT2D eigenvalue weighted by molar-refractivity contribution is -0.146. The van der Waals surface area contributed by atoms with E-state index in [1.54, 1.807) is 11.0 Å². The third-order valence-corrected chi connectivity index (χ3v) is 9.46. The van der Waals surface area contributed by atoms with E-state index >= 15 is 0 Å². The molecular weight excluding hydrogens is 520 g/mol. The summed E-state index contributed by atoms with van der Waals surface area (Å²) in [4.78, 5) is 79.6. The molecule has 0 aromatic carbocycles. The van der Waals surface area contributed by atoms with Crippen LogP contribution in [0.25, 0.3) is 0 Å². The molecule has 2 N–H and O–H groups in total. The highest BCUT2D eigenvalue weighted by molar-refractivity contribution is 6.36. The Labute approximate surface area is 245 Å². The molecule has 2 saturated carbocycles. The van der Waals surface area contributed by atoms with Crippen molar-refractivity contribution in [1.82, 2.24) is 4.90 Å². The van der Waals surface area contributed by atoms with Gasteiger partial charge in [0.05, 0.1) is 6.04 Å². The molecule has 0 aromatic rings. The summed E-state index contributed by atoms with van der Waals surface area (Å²) < 4.78 is 0. The summed E-state index contributed by atoms with van der Waals surface area (Å²) in [7, 11) is 0. The van der Waals surface area contributed by atoms with Crippen LogP contribution in [0.4, 0.5) is 0 Å². The molecule has 3 rings (SSSR count). The number of Topliss-reactive ketones (excluding diaryl/α,β-unsaturated/α-hetero) is 3. The zero-order valence-corrected chi connectivity index (χ0v) is 26.1. The molecule has 1 aliphatic heterocycles. The molecule has 2 amide bonds. The van der Waals surface area contributed by atoms with E-state index in [2.05, 4.69) is 13.8 Å². The number of amides is 2. The quantitative estimate of drug-likeness (QED) is 0.226. The monoisotopic (exact) mass is 570 g/mol. The number of nitrogens with zero attached hydrogens (tertiary/aromatic N) is 1. The molecule has 1 saturated heterocycles. The minimum absolute atomic E-state index is 0.0266. The number of carbonyl (C=O) groups excluding carboxylic acids is 6. The lowest BCUT2D eigenvalue weighted by Crippen LogP contribution is -2.49. The van der Waals surface area contributed by atoms with E-state index in [0.717, 1.165) is 24.8 Å². The van der Waals surface area contributed by atoms with Crippen LogP contribution in [0.2, 0.25) is 0 Å². The molecule has 5 atom stereocenters. The number of likely N-dealkylation sites (tertiary alicyclic amines) is 1. The Morgan fingerprint density at radius 3 is 2.15 bits per heavy atom. The van der Waals surface area contributed by atoms with Gasteiger partial charge >= 0.3 is 0 Å². The molecule has 2 unspecified atom stereocenters. The summed E-state index contributed by atoms with van der Waals surface area (Å²) in [6.07, 6.45) is 5.64. The minimum atomic E-state index is -1.02. The Morgan fingerprint density at radius 1 is 1.00 bits per heavy atom. The number of hydrogen-bond acceptors (Lipinski definition) is 6. The molecule has 0 aromatic heterocycles. The first-order chi connectivity index (χ1) is 18.9. The smallest absolute Gasteiger partial charge is 0.285 e. The molecule has 3 aliphatic rings. The van der Waals surface area contributed by atoms with Crippen molar-refractivity contribution in [2.75, 3.05) is 6.54 Å². The Morgan fingerprint density at radius 2 is 1.63 bits per heavy atom. The van der Waals surface area contributed by atoms with Gasteiger partial charge in [0.25, 0.3) is 5.91 Å². The number of allylic oxidation sites excluding steroid dienone is 2. The maximum Gasteiger partial charge on any atom is 0.285 e. The van der Waals surface area contributed by atoms with Crippen LogP contribution in [0, 0.1) is 40.4 Å². The van der Waals surface area contributed by atoms with Crippen LogP contribution in [0.15, 0.2) is 11.6 Å². The molecule has 228 valence electrons. The van der Waals surface area contributed by atoms with Gasteiger partial charge in [0.1, 0.15) is 5.78 Å². The zero-order valence-electron chi connectivity index (χ0n) is 26.1. The minimum Gasteiger partial charge on any atom is -0.363 e. The van der Waals surface area contributed by atoms with Gasteiger partial charge in [-0.3, -0.25) is 28.8 Å². The lowest BCUT2D eigenvalue weighted by atomic mass is 9.76. The molecule has 2 aliphatic carbocycles. The molecule has 0 radical (unpaired) electrons. The first-order valence-corrected chi connectivity index (χ1v) is 15.3. The van der Waals surface area contributed by atoms with E-state index in [0.29, 0.717) is 25.3 Å². The van der Waals surface area contributed by atoms with Crippen molar-refractivity contribution >= 4 is 34.9 Å². The zero-order chi connectivity index (χ0) is 30.9. The Balaban J connectivity index is 1.83. The Kier molecular flexibility index (Phi) is 10.2. The number of carbonyl (C=O) groups is 6. The third-order valence-electron chi connectivity index (χ3n) is 9.46. The van der Waals surface area contributed by atoms with Crippen molar-refractivity contribution in [3.05, 3.63) is 11.6 Å². The van der Waals surface area contributed by atoms with E-state index in [1.165, 1.54) is 0 Å². The lowest BCUT2D eigenvalue weighted by Gasteiger charge is -2.34. The van der Waals surface area contributed by atoms with Gasteiger partial charge < -0.3 is 10.6 Å². The van der Waals surface area contributed by atoms with Crippen molar-refractivity contribution in [2.45, 2.75) is 112 Å². The van der Waals surface area contributed by atoms with Crippen molar-refractivity contribution in [2.24, 2.45) is 46.2 Å². The van der Waals surface area contributed by atoms with Crippen LogP contribution in [0.3, 0.4) is 0 Å². The van der Waals surface area contributed by atoms with Gasteiger partial charge in [0, 0.05) is 44.1 Å². The SMILES string of the molecule is CC(C)=CC(=O)CC[C@H](CC(=O)CC(C)(C)C)C(=O)N1CC2[C@@H]([C@H]1C(=O)CC(CC1CCC1)C(=O)C(N)=O)C2(C)C. The molecular formula is C33H50N2O6. The number of ketones is 4. The highest BCUT2D eigenvalue weighted by atomic mass is 16.2. The summed E-state index contributed by atoms with van der Waals surface area (Å²) in [5.41, 5.74) is 5.86. The molecule has 1 heterocycles. The molecule has 3 fully saturated rings. The van der Waals surface area contributed by atoms with Crippen molar-refractivity contribution < 1.29 is 28.8 Å². The first kappa shape index (κ1) is 32.9. The highest BCUT2D eigenvalue weighted by Crippen LogP contribution is 2.65. The number of primary amides is 1. The topological polar surface area (TPSA) is 132 Å². The largest absolute Gasteiger partial charge is 0.363 e. The van der Waals surface area contributed by atoms with Crippen LogP contribution in [-0.2, 0) is 28.8 Å². The Bertz CT molecular complexity index is 1110. The number of piperidine rings is 1. The van der Waals surface area contributed by atoms with Crippen LogP contribution in [-0.4, -0.2) is 52.4 Å². The number of hydrogen-bond donors (Lipinski definition) is 1. The van der Waals surface area contributed by atoms with Gasteiger partial charge in [-0.15, -0.1) is 0 Å². The van der Waals surface area contributed by atoms with Crippen LogP contribution in [0.5, 0.6) is 0 Å². The highest BCUT2D eigenvalue weighted by Gasteiger charge is 2.69. The standard InChI is InChI=1S/C33H50N2O6/c1-19(2)13-23(36)12-11-21(15-24(37)17-32(3,4)5)31(41)35-18-25-27(33(25,6)7)28(35)26(38)16-22(29(39)30(34)40)14-20-9-8-10-20/h13,20-22,25,27-28H,8-12,14-18H2,1-7H3,(H2,34,40)/t21-,22?,25?,27+,28-/m1/s1. The molecule has 41 heavy (non-hydrogen) atoms. The summed E-state index contributed by atoms with van der Waals surface area (Å²) in [5, 5.41) is 0. The summed E-state index contributed by atoms with van der Waals surface area (Å²) in [6.45, 7) is 14.2. The number of fused-ring (bicyclic) bond motifs is 1. The molecule has 0 spiro atoms. The van der Waals surface area contributed by atoms with Gasteiger partial charge in [-0.05, 0) is 61.3 Å². The summed E-state index contributed by atoms with van der Waals surface area (Å²) in [5.74, 6) is -3.40. The second kappa shape index (κ2) is 12.7. The van der Waals surface area contributed by atoms with Crippen LogP contribution in [0.1, 0.15) is 106 Å². The van der Waals surface area contributed by atoms with Crippen LogP contribution >= 0.6 is 0 Å². The predicted octanol–water partition coefficient (Wildman–Crippen LogP) is 4.62. The van der Waals surface area contributed by atoms with Gasteiger partial charge in [-0.2, -0.15) is 0 Å². The van der Waals surface area contributed by atoms with E-state index in [-0.39, 0.29) is 71.6 Å². The fraction of sp³-hybridized carbons (Fsp3) is 0.758. The van der Waals surface area contributed by atoms with Gasteiger partial charge in [-0.1, -0.05) is 59.5 Å². The maximum absolute atomic E-state index is 14.1.